The van der Waals surface area contributed by atoms with Crippen molar-refractivity contribution in [3.8, 4) is 0 Å². The maximum Gasteiger partial charge on any atom is 0.246 e. The molecule has 1 fully saturated rings. The van der Waals surface area contributed by atoms with Gasteiger partial charge in [0.15, 0.2) is 0 Å². The second-order valence-electron chi connectivity index (χ2n) is 3.64. The average molecular weight is 181 g/mol. The van der Waals surface area contributed by atoms with E-state index in [0.29, 0.717) is 6.42 Å². The minimum absolute atomic E-state index is 0.126. The summed E-state index contributed by atoms with van der Waals surface area (Å²) in [7, 11) is 0. The summed E-state index contributed by atoms with van der Waals surface area (Å²) in [4.78, 5) is 17.1. The number of hydrogen-bond acceptors (Lipinski definition) is 2. The van der Waals surface area contributed by atoms with Crippen LogP contribution in [-0.4, -0.2) is 23.1 Å². The zero-order chi connectivity index (χ0) is 9.26. The standard InChI is InChI=1S/C10H15NO2/c1-2-3-10(12)11-8-4-6-9(13-11)7-5-8/h4,6,8-9H,2-3,5,7H2,1H3. The molecule has 0 spiro atoms. The van der Waals surface area contributed by atoms with Gasteiger partial charge in [0.05, 0.1) is 6.04 Å². The van der Waals surface area contributed by atoms with E-state index >= 15 is 0 Å². The van der Waals surface area contributed by atoms with Crippen molar-refractivity contribution in [2.75, 3.05) is 0 Å². The van der Waals surface area contributed by atoms with E-state index in [-0.39, 0.29) is 18.1 Å². The molecule has 3 aliphatic rings. The number of fused-ring (bicyclic) bond motifs is 2. The maximum absolute atomic E-state index is 11.6. The van der Waals surface area contributed by atoms with Crippen LogP contribution in [0.3, 0.4) is 0 Å². The number of rotatable bonds is 2. The first-order chi connectivity index (χ1) is 6.31. The predicted octanol–water partition coefficient (Wildman–Crippen LogP) is 1.65. The molecule has 2 heterocycles. The fourth-order valence-electron chi connectivity index (χ4n) is 1.85. The third-order valence-corrected chi connectivity index (χ3v) is 2.55. The smallest absolute Gasteiger partial charge is 0.246 e. The zero-order valence-electron chi connectivity index (χ0n) is 7.90. The minimum atomic E-state index is 0.126. The van der Waals surface area contributed by atoms with Gasteiger partial charge in [-0.3, -0.25) is 9.63 Å². The molecule has 2 aliphatic heterocycles. The Kier molecular flexibility index (Phi) is 2.36. The van der Waals surface area contributed by atoms with Crippen LogP contribution in [0.25, 0.3) is 0 Å². The first-order valence-electron chi connectivity index (χ1n) is 4.98. The van der Waals surface area contributed by atoms with Gasteiger partial charge in [0.25, 0.3) is 0 Å². The predicted molar refractivity (Wildman–Crippen MR) is 48.8 cm³/mol. The number of hydrogen-bond donors (Lipinski definition) is 0. The molecule has 2 atom stereocenters. The van der Waals surface area contributed by atoms with Crippen LogP contribution in [0.5, 0.6) is 0 Å². The molecule has 3 rings (SSSR count). The van der Waals surface area contributed by atoms with Gasteiger partial charge < -0.3 is 0 Å². The highest BCUT2D eigenvalue weighted by atomic mass is 16.7. The van der Waals surface area contributed by atoms with Crippen LogP contribution in [-0.2, 0) is 9.63 Å². The van der Waals surface area contributed by atoms with Crippen molar-refractivity contribution < 1.29 is 9.63 Å². The van der Waals surface area contributed by atoms with Crippen molar-refractivity contribution in [3.05, 3.63) is 12.2 Å². The van der Waals surface area contributed by atoms with Crippen LogP contribution in [0.2, 0.25) is 0 Å². The highest BCUT2D eigenvalue weighted by Gasteiger charge is 2.33. The minimum Gasteiger partial charge on any atom is -0.273 e. The number of amides is 1. The highest BCUT2D eigenvalue weighted by molar-refractivity contribution is 5.75. The third kappa shape index (κ3) is 1.61. The summed E-state index contributed by atoms with van der Waals surface area (Å²) in [6.07, 6.45) is 7.88. The molecule has 0 saturated carbocycles. The molecule has 0 aromatic carbocycles. The van der Waals surface area contributed by atoms with Gasteiger partial charge in [-0.05, 0) is 19.3 Å². The molecule has 3 heteroatoms. The normalized spacial score (nSPS) is 31.0. The number of hydroxylamine groups is 2. The molecule has 2 bridgehead atoms. The molecule has 1 aliphatic carbocycles. The first-order valence-corrected chi connectivity index (χ1v) is 4.98. The van der Waals surface area contributed by atoms with E-state index in [1.807, 2.05) is 6.92 Å². The van der Waals surface area contributed by atoms with Gasteiger partial charge in [0, 0.05) is 6.42 Å². The molecule has 0 radical (unpaired) electrons. The molecule has 2 unspecified atom stereocenters. The van der Waals surface area contributed by atoms with Crippen LogP contribution in [0, 0.1) is 0 Å². The maximum atomic E-state index is 11.6. The van der Waals surface area contributed by atoms with Gasteiger partial charge in [-0.25, -0.2) is 5.06 Å². The SMILES string of the molecule is CCCC(=O)N1OC2C=CC1CC2. The lowest BCUT2D eigenvalue weighted by Crippen LogP contribution is -2.48. The summed E-state index contributed by atoms with van der Waals surface area (Å²) in [5.41, 5.74) is 0. The molecular formula is C10H15NO2. The topological polar surface area (TPSA) is 29.5 Å². The Balaban J connectivity index is 2.02. The summed E-state index contributed by atoms with van der Waals surface area (Å²) in [6, 6.07) is 0.198. The molecule has 72 valence electrons. The number of carbonyl (C=O) groups is 1. The third-order valence-electron chi connectivity index (χ3n) is 2.55. The Morgan fingerprint density at radius 3 is 2.85 bits per heavy atom. The van der Waals surface area contributed by atoms with Crippen LogP contribution >= 0.6 is 0 Å². The van der Waals surface area contributed by atoms with Gasteiger partial charge in [0.1, 0.15) is 6.10 Å². The summed E-state index contributed by atoms with van der Waals surface area (Å²) < 4.78 is 0. The number of nitrogens with zero attached hydrogens (tertiary/aromatic N) is 1. The van der Waals surface area contributed by atoms with Crippen LogP contribution in [0.15, 0.2) is 12.2 Å². The van der Waals surface area contributed by atoms with Crippen LogP contribution in [0.4, 0.5) is 0 Å². The van der Waals surface area contributed by atoms with E-state index in [4.69, 9.17) is 4.84 Å². The van der Waals surface area contributed by atoms with E-state index < -0.39 is 0 Å². The number of carbonyl (C=O) groups excluding carboxylic acids is 1. The molecule has 0 N–H and O–H groups in total. The monoisotopic (exact) mass is 181 g/mol. The summed E-state index contributed by atoms with van der Waals surface area (Å²) in [5, 5.41) is 1.57. The molecule has 1 amide bonds. The molecular weight excluding hydrogens is 166 g/mol. The van der Waals surface area contributed by atoms with Crippen molar-refractivity contribution in [2.45, 2.75) is 44.8 Å². The van der Waals surface area contributed by atoms with Gasteiger partial charge in [0.2, 0.25) is 5.91 Å². The average Bonchev–Trinajstić information content (AvgIpc) is 2.20. The zero-order valence-corrected chi connectivity index (χ0v) is 7.90. The van der Waals surface area contributed by atoms with Gasteiger partial charge >= 0.3 is 0 Å². The van der Waals surface area contributed by atoms with Gasteiger partial charge in [-0.2, -0.15) is 0 Å². The summed E-state index contributed by atoms with van der Waals surface area (Å²) in [5.74, 6) is 0.126. The Bertz CT molecular complexity index is 237. The quantitative estimate of drug-likeness (QED) is 0.606. The van der Waals surface area contributed by atoms with E-state index in [1.54, 1.807) is 5.06 Å². The Labute approximate surface area is 78.3 Å². The van der Waals surface area contributed by atoms with E-state index in [1.165, 1.54) is 0 Å². The fourth-order valence-corrected chi connectivity index (χ4v) is 1.85. The first kappa shape index (κ1) is 8.75. The largest absolute Gasteiger partial charge is 0.273 e. The van der Waals surface area contributed by atoms with Crippen molar-refractivity contribution in [1.29, 1.82) is 0 Å². The second kappa shape index (κ2) is 3.50. The van der Waals surface area contributed by atoms with E-state index in [2.05, 4.69) is 12.2 Å². The van der Waals surface area contributed by atoms with E-state index in [0.717, 1.165) is 19.3 Å². The van der Waals surface area contributed by atoms with Crippen molar-refractivity contribution in [1.82, 2.24) is 5.06 Å². The van der Waals surface area contributed by atoms with Crippen molar-refractivity contribution in [2.24, 2.45) is 0 Å². The fraction of sp³-hybridized carbons (Fsp3) is 0.700. The Hall–Kier alpha value is -0.830. The summed E-state index contributed by atoms with van der Waals surface area (Å²) in [6.45, 7) is 2.01. The lowest BCUT2D eigenvalue weighted by molar-refractivity contribution is -0.230. The molecule has 13 heavy (non-hydrogen) atoms. The van der Waals surface area contributed by atoms with Gasteiger partial charge in [-0.15, -0.1) is 0 Å². The lowest BCUT2D eigenvalue weighted by Gasteiger charge is -2.40. The van der Waals surface area contributed by atoms with Crippen molar-refractivity contribution in [3.63, 3.8) is 0 Å². The molecule has 0 aromatic rings. The Morgan fingerprint density at radius 2 is 2.38 bits per heavy atom. The van der Waals surface area contributed by atoms with Crippen LogP contribution in [0.1, 0.15) is 32.6 Å². The Morgan fingerprint density at radius 1 is 1.54 bits per heavy atom. The molecule has 1 saturated heterocycles. The van der Waals surface area contributed by atoms with E-state index in [9.17, 15) is 4.79 Å². The second-order valence-corrected chi connectivity index (χ2v) is 3.64. The van der Waals surface area contributed by atoms with Gasteiger partial charge in [-0.1, -0.05) is 19.1 Å². The lowest BCUT2D eigenvalue weighted by atomic mass is 9.98. The highest BCUT2D eigenvalue weighted by Crippen LogP contribution is 2.27. The molecule has 3 nitrogen and oxygen atoms in total. The molecule has 0 aromatic heterocycles. The van der Waals surface area contributed by atoms with Crippen molar-refractivity contribution >= 4 is 5.91 Å². The van der Waals surface area contributed by atoms with Crippen LogP contribution < -0.4 is 0 Å². The summed E-state index contributed by atoms with van der Waals surface area (Å²) >= 11 is 0.